The van der Waals surface area contributed by atoms with E-state index in [-0.39, 0.29) is 0 Å². The molecule has 182 valence electrons. The third-order valence-electron chi connectivity index (χ3n) is 8.28. The third-order valence-corrected chi connectivity index (χ3v) is 8.28. The van der Waals surface area contributed by atoms with E-state index in [1.807, 2.05) is 0 Å². The summed E-state index contributed by atoms with van der Waals surface area (Å²) in [5.74, 6) is 2.14. The van der Waals surface area contributed by atoms with Crippen LogP contribution in [0.15, 0.2) is 47.6 Å². The minimum Gasteiger partial charge on any atom is -0.507 e. The van der Waals surface area contributed by atoms with Crippen molar-refractivity contribution in [2.75, 3.05) is 0 Å². The first-order valence-corrected chi connectivity index (χ1v) is 13.6. The highest BCUT2D eigenvalue weighted by Gasteiger charge is 2.24. The number of hydrogen-bond donors (Lipinski definition) is 2. The molecule has 4 rings (SSSR count). The summed E-state index contributed by atoms with van der Waals surface area (Å²) in [5, 5.41) is 20.9. The molecule has 0 aromatic heterocycles. The molecule has 2 heteroatoms. The summed E-state index contributed by atoms with van der Waals surface area (Å²) in [6.07, 6.45) is 15.4. The quantitative estimate of drug-likeness (QED) is 0.437. The van der Waals surface area contributed by atoms with Crippen molar-refractivity contribution in [1.29, 1.82) is 0 Å². The van der Waals surface area contributed by atoms with E-state index in [0.29, 0.717) is 23.3 Å². The van der Waals surface area contributed by atoms with Gasteiger partial charge in [0.05, 0.1) is 0 Å². The summed E-state index contributed by atoms with van der Waals surface area (Å²) in [4.78, 5) is 0. The van der Waals surface area contributed by atoms with Crippen molar-refractivity contribution < 1.29 is 10.2 Å². The minimum atomic E-state index is 0.508. The fraction of sp³-hybridized carbons (Fsp3) is 0.500. The Labute approximate surface area is 206 Å². The van der Waals surface area contributed by atoms with Crippen molar-refractivity contribution in [2.45, 2.75) is 104 Å². The molecule has 2 unspecified atom stereocenters. The van der Waals surface area contributed by atoms with E-state index in [9.17, 15) is 10.2 Å². The van der Waals surface area contributed by atoms with Crippen LogP contribution < -0.4 is 0 Å². The largest absolute Gasteiger partial charge is 0.507 e. The SMILES string of the molecule is CCc1cc(C2CC=C(C3=CCC(c4cc(CC)c(O)c(CC)c4)CC3)CC2)cc(CC)c1O. The summed E-state index contributed by atoms with van der Waals surface area (Å²) in [7, 11) is 0. The van der Waals surface area contributed by atoms with E-state index < -0.39 is 0 Å². The summed E-state index contributed by atoms with van der Waals surface area (Å²) in [5.41, 5.74) is 10.3. The zero-order chi connectivity index (χ0) is 24.2. The fourth-order valence-electron chi connectivity index (χ4n) is 5.98. The van der Waals surface area contributed by atoms with Crippen molar-refractivity contribution in [3.8, 4) is 11.5 Å². The van der Waals surface area contributed by atoms with E-state index in [1.165, 1.54) is 24.0 Å². The minimum absolute atomic E-state index is 0.508. The van der Waals surface area contributed by atoms with E-state index in [1.54, 1.807) is 11.1 Å². The van der Waals surface area contributed by atoms with E-state index >= 15 is 0 Å². The fourth-order valence-corrected chi connectivity index (χ4v) is 5.98. The number of benzene rings is 2. The number of aromatic hydroxyl groups is 2. The molecule has 0 fully saturated rings. The Kier molecular flexibility index (Phi) is 7.86. The molecule has 0 aliphatic heterocycles. The van der Waals surface area contributed by atoms with Gasteiger partial charge in [0.1, 0.15) is 11.5 Å². The molecule has 0 amide bonds. The molecular formula is C32H42O2. The van der Waals surface area contributed by atoms with Crippen LogP contribution in [0.5, 0.6) is 11.5 Å². The van der Waals surface area contributed by atoms with Crippen LogP contribution in [0.4, 0.5) is 0 Å². The van der Waals surface area contributed by atoms with Gasteiger partial charge in [-0.3, -0.25) is 0 Å². The van der Waals surface area contributed by atoms with E-state index in [2.05, 4.69) is 64.1 Å². The van der Waals surface area contributed by atoms with Gasteiger partial charge < -0.3 is 10.2 Å². The average Bonchev–Trinajstić information content (AvgIpc) is 2.89. The molecule has 0 spiro atoms. The topological polar surface area (TPSA) is 40.5 Å². The monoisotopic (exact) mass is 458 g/mol. The van der Waals surface area contributed by atoms with Gasteiger partial charge >= 0.3 is 0 Å². The van der Waals surface area contributed by atoms with Crippen LogP contribution in [0, 0.1) is 0 Å². The van der Waals surface area contributed by atoms with Gasteiger partial charge in [-0.25, -0.2) is 0 Å². The Hall–Kier alpha value is -2.48. The van der Waals surface area contributed by atoms with Crippen LogP contribution in [-0.2, 0) is 25.7 Å². The number of rotatable bonds is 7. The maximum absolute atomic E-state index is 10.5. The van der Waals surface area contributed by atoms with Crippen molar-refractivity contribution in [3.05, 3.63) is 80.9 Å². The Balaban J connectivity index is 1.46. The molecule has 2 aromatic rings. The first kappa shape index (κ1) is 24.6. The Morgan fingerprint density at radius 1 is 0.588 bits per heavy atom. The van der Waals surface area contributed by atoms with Gasteiger partial charge in [-0.15, -0.1) is 0 Å². The Bertz CT molecular complexity index is 951. The molecule has 2 atom stereocenters. The van der Waals surface area contributed by atoms with Gasteiger partial charge in [0.2, 0.25) is 0 Å². The van der Waals surface area contributed by atoms with Gasteiger partial charge in [-0.1, -0.05) is 64.1 Å². The lowest BCUT2D eigenvalue weighted by molar-refractivity contribution is 0.460. The van der Waals surface area contributed by atoms with Gasteiger partial charge in [0.15, 0.2) is 0 Å². The molecule has 0 radical (unpaired) electrons. The first-order valence-electron chi connectivity index (χ1n) is 13.6. The van der Waals surface area contributed by atoms with Gasteiger partial charge in [0, 0.05) is 0 Å². The van der Waals surface area contributed by atoms with Crippen molar-refractivity contribution >= 4 is 0 Å². The second kappa shape index (κ2) is 10.8. The second-order valence-electron chi connectivity index (χ2n) is 10.2. The number of hydrogen-bond acceptors (Lipinski definition) is 2. The molecule has 2 nitrogen and oxygen atoms in total. The number of allylic oxidation sites excluding steroid dienone is 4. The predicted octanol–water partition coefficient (Wildman–Crippen LogP) is 8.44. The number of aryl methyl sites for hydroxylation is 4. The van der Waals surface area contributed by atoms with Crippen molar-refractivity contribution in [2.24, 2.45) is 0 Å². The highest BCUT2D eigenvalue weighted by atomic mass is 16.3. The normalized spacial score (nSPS) is 20.7. The standard InChI is InChI=1S/C32H42O2/c1-5-21-17-29(18-22(6-2)31(21)33)27-13-9-25(10-14-27)26-11-15-28(16-12-26)30-19-23(7-3)32(34)24(8-4)20-30/h9,11,17-20,27-28,33-34H,5-8,10,12-16H2,1-4H3. The second-order valence-corrected chi connectivity index (χ2v) is 10.2. The van der Waals surface area contributed by atoms with Crippen LogP contribution in [0.25, 0.3) is 0 Å². The summed E-state index contributed by atoms with van der Waals surface area (Å²) < 4.78 is 0. The summed E-state index contributed by atoms with van der Waals surface area (Å²) >= 11 is 0. The highest BCUT2D eigenvalue weighted by molar-refractivity contribution is 5.47. The Morgan fingerprint density at radius 2 is 0.912 bits per heavy atom. The third kappa shape index (κ3) is 4.97. The summed E-state index contributed by atoms with van der Waals surface area (Å²) in [6.45, 7) is 8.52. The number of phenolic OH excluding ortho intramolecular Hbond substituents is 2. The molecular weight excluding hydrogens is 416 g/mol. The molecule has 0 bridgehead atoms. The molecule has 2 aliphatic rings. The zero-order valence-corrected chi connectivity index (χ0v) is 21.6. The van der Waals surface area contributed by atoms with Crippen molar-refractivity contribution in [3.63, 3.8) is 0 Å². The zero-order valence-electron chi connectivity index (χ0n) is 21.6. The average molecular weight is 459 g/mol. The molecule has 0 saturated carbocycles. The lowest BCUT2D eigenvalue weighted by Gasteiger charge is -2.28. The van der Waals surface area contributed by atoms with Crippen LogP contribution in [-0.4, -0.2) is 10.2 Å². The number of phenols is 2. The van der Waals surface area contributed by atoms with Gasteiger partial charge in [-0.05, 0) is 121 Å². The van der Waals surface area contributed by atoms with Crippen molar-refractivity contribution in [1.82, 2.24) is 0 Å². The predicted molar refractivity (Wildman–Crippen MR) is 143 cm³/mol. The van der Waals surface area contributed by atoms with Gasteiger partial charge in [-0.2, -0.15) is 0 Å². The highest BCUT2D eigenvalue weighted by Crippen LogP contribution is 2.42. The van der Waals surface area contributed by atoms with Crippen LogP contribution in [0.1, 0.15) is 111 Å². The van der Waals surface area contributed by atoms with E-state index in [0.717, 1.165) is 73.6 Å². The van der Waals surface area contributed by atoms with E-state index in [4.69, 9.17) is 0 Å². The molecule has 0 heterocycles. The molecule has 2 aliphatic carbocycles. The maximum atomic E-state index is 10.5. The van der Waals surface area contributed by atoms with Crippen LogP contribution in [0.3, 0.4) is 0 Å². The smallest absolute Gasteiger partial charge is 0.121 e. The molecule has 2 N–H and O–H groups in total. The maximum Gasteiger partial charge on any atom is 0.121 e. The first-order chi connectivity index (χ1) is 16.5. The Morgan fingerprint density at radius 3 is 1.15 bits per heavy atom. The van der Waals surface area contributed by atoms with Crippen LogP contribution in [0.2, 0.25) is 0 Å². The molecule has 0 saturated heterocycles. The lowest BCUT2D eigenvalue weighted by atomic mass is 9.77. The summed E-state index contributed by atoms with van der Waals surface area (Å²) in [6, 6.07) is 8.98. The molecule has 34 heavy (non-hydrogen) atoms. The molecule has 2 aromatic carbocycles. The van der Waals surface area contributed by atoms with Gasteiger partial charge in [0.25, 0.3) is 0 Å². The lowest BCUT2D eigenvalue weighted by Crippen LogP contribution is -2.10. The van der Waals surface area contributed by atoms with Crippen LogP contribution >= 0.6 is 0 Å².